The van der Waals surface area contributed by atoms with E-state index in [1.165, 1.54) is 19.4 Å². The highest BCUT2D eigenvalue weighted by Crippen LogP contribution is 2.43. The lowest BCUT2D eigenvalue weighted by atomic mass is 10.1. The Hall–Kier alpha value is -4.44. The Balaban J connectivity index is 1.47. The first kappa shape index (κ1) is 32.0. The minimum absolute atomic E-state index is 0.0319. The lowest BCUT2D eigenvalue weighted by molar-refractivity contribution is -0.137. The number of carbonyl (C=O) groups is 1. The third kappa shape index (κ3) is 7.45. The van der Waals surface area contributed by atoms with Crippen molar-refractivity contribution in [2.24, 2.45) is 0 Å². The fourth-order valence-corrected chi connectivity index (χ4v) is 5.59. The van der Waals surface area contributed by atoms with Crippen molar-refractivity contribution in [2.75, 3.05) is 23.7 Å². The molecule has 0 saturated heterocycles. The number of ether oxygens (including phenoxy) is 1. The van der Waals surface area contributed by atoms with Crippen molar-refractivity contribution in [2.45, 2.75) is 42.8 Å². The first-order chi connectivity index (χ1) is 21.2. The van der Waals surface area contributed by atoms with Crippen molar-refractivity contribution >= 4 is 39.4 Å². The molecule has 5 rings (SSSR count). The number of aromatic nitrogens is 4. The Morgan fingerprint density at radius 3 is 2.51 bits per heavy atom. The van der Waals surface area contributed by atoms with E-state index in [1.54, 1.807) is 13.0 Å². The van der Waals surface area contributed by atoms with Crippen molar-refractivity contribution in [1.29, 1.82) is 0 Å². The molecule has 17 heteroatoms. The Bertz CT molecular complexity index is 1830. The standard InChI is InChI=1S/C28H26ClF4N7O4S/c1-14(36-27(41)44-2)13-35-26-34-10-9-20(37-26)24-23(38-25(39-24)15-3-4-15)19-11-17(29)12-21(22(19)30)40-45(42,43)18-7-5-16(6-8-18)28(31,32)33/h5-12,14-15,40H,3-4,13H2,1-2H3,(H,36,41)(H,38,39)(H,34,35,37)/t14-/m0/s1. The van der Waals surface area contributed by atoms with Crippen LogP contribution in [0, 0.1) is 5.82 Å². The normalized spacial score (nSPS) is 14.1. The van der Waals surface area contributed by atoms with Gasteiger partial charge in [0.1, 0.15) is 11.5 Å². The van der Waals surface area contributed by atoms with E-state index in [4.69, 9.17) is 11.6 Å². The van der Waals surface area contributed by atoms with E-state index < -0.39 is 44.3 Å². The molecule has 4 aromatic rings. The molecule has 2 heterocycles. The van der Waals surface area contributed by atoms with Crippen molar-refractivity contribution < 1.29 is 35.5 Å². The summed E-state index contributed by atoms with van der Waals surface area (Å²) in [6.07, 6.45) is -2.06. The van der Waals surface area contributed by atoms with Crippen LogP contribution < -0.4 is 15.4 Å². The third-order valence-electron chi connectivity index (χ3n) is 6.74. The van der Waals surface area contributed by atoms with E-state index in [0.29, 0.717) is 29.3 Å². The van der Waals surface area contributed by atoms with Crippen molar-refractivity contribution in [3.63, 3.8) is 0 Å². The predicted molar refractivity (Wildman–Crippen MR) is 158 cm³/mol. The number of H-pyrrole nitrogens is 1. The number of methoxy groups -OCH3 is 1. The maximum Gasteiger partial charge on any atom is 0.416 e. The number of alkyl halides is 3. The van der Waals surface area contributed by atoms with Crippen LogP contribution in [-0.2, 0) is 20.9 Å². The summed E-state index contributed by atoms with van der Waals surface area (Å²) < 4.78 is 87.6. The first-order valence-electron chi connectivity index (χ1n) is 13.5. The molecule has 45 heavy (non-hydrogen) atoms. The number of sulfonamides is 1. The fraction of sp³-hybridized carbons (Fsp3) is 0.286. The summed E-state index contributed by atoms with van der Waals surface area (Å²) >= 11 is 6.30. The van der Waals surface area contributed by atoms with E-state index in [-0.39, 0.29) is 40.7 Å². The smallest absolute Gasteiger partial charge is 0.416 e. The van der Waals surface area contributed by atoms with Crippen LogP contribution in [0.1, 0.15) is 37.1 Å². The number of rotatable bonds is 10. The molecule has 1 fully saturated rings. The van der Waals surface area contributed by atoms with Gasteiger partial charge in [0.15, 0.2) is 5.82 Å². The molecule has 4 N–H and O–H groups in total. The Kier molecular flexibility index (Phi) is 8.89. The second-order valence-electron chi connectivity index (χ2n) is 10.2. The van der Waals surface area contributed by atoms with Gasteiger partial charge in [-0.25, -0.2) is 32.6 Å². The Morgan fingerprint density at radius 2 is 1.87 bits per heavy atom. The van der Waals surface area contributed by atoms with Gasteiger partial charge in [0.05, 0.1) is 34.6 Å². The van der Waals surface area contributed by atoms with Gasteiger partial charge in [-0.1, -0.05) is 11.6 Å². The molecule has 0 spiro atoms. The predicted octanol–water partition coefficient (Wildman–Crippen LogP) is 6.18. The molecule has 2 aromatic heterocycles. The number of nitrogens with one attached hydrogen (secondary N) is 4. The lowest BCUT2D eigenvalue weighted by Gasteiger charge is -2.14. The molecule has 1 saturated carbocycles. The first-order valence-corrected chi connectivity index (χ1v) is 15.3. The highest BCUT2D eigenvalue weighted by Gasteiger charge is 2.32. The minimum Gasteiger partial charge on any atom is -0.453 e. The molecule has 238 valence electrons. The van der Waals surface area contributed by atoms with Gasteiger partial charge >= 0.3 is 12.3 Å². The molecule has 2 aromatic carbocycles. The molecule has 1 aliphatic rings. The van der Waals surface area contributed by atoms with Crippen LogP contribution in [0.15, 0.2) is 53.6 Å². The highest BCUT2D eigenvalue weighted by molar-refractivity contribution is 7.92. The van der Waals surface area contributed by atoms with Crippen molar-refractivity contribution in [3.05, 3.63) is 70.9 Å². The average Bonchev–Trinajstić information content (AvgIpc) is 3.75. The minimum atomic E-state index is -4.66. The van der Waals surface area contributed by atoms with Gasteiger partial charge in [0, 0.05) is 35.3 Å². The van der Waals surface area contributed by atoms with Gasteiger partial charge in [-0.15, -0.1) is 0 Å². The quantitative estimate of drug-likeness (QED) is 0.146. The maximum atomic E-state index is 16.1. The molecular formula is C28H26ClF4N7O4S. The summed E-state index contributed by atoms with van der Waals surface area (Å²) in [5, 5.41) is 5.58. The topological polar surface area (TPSA) is 151 Å². The molecule has 0 bridgehead atoms. The van der Waals surface area contributed by atoms with E-state index in [9.17, 15) is 26.4 Å². The summed E-state index contributed by atoms with van der Waals surface area (Å²) in [7, 11) is -3.26. The zero-order valence-corrected chi connectivity index (χ0v) is 25.2. The second kappa shape index (κ2) is 12.5. The molecular weight excluding hydrogens is 642 g/mol. The van der Waals surface area contributed by atoms with Crippen LogP contribution in [0.2, 0.25) is 5.02 Å². The second-order valence-corrected chi connectivity index (χ2v) is 12.4. The van der Waals surface area contributed by atoms with Crippen LogP contribution in [-0.4, -0.2) is 54.1 Å². The van der Waals surface area contributed by atoms with Gasteiger partial charge in [-0.2, -0.15) is 13.2 Å². The van der Waals surface area contributed by atoms with Gasteiger partial charge < -0.3 is 20.4 Å². The van der Waals surface area contributed by atoms with E-state index >= 15 is 4.39 Å². The fourth-order valence-electron chi connectivity index (χ4n) is 4.32. The number of nitrogens with zero attached hydrogens (tertiary/aromatic N) is 3. The number of halogens is 5. The van der Waals surface area contributed by atoms with Gasteiger partial charge in [-0.3, -0.25) is 4.72 Å². The number of alkyl carbamates (subject to hydrolysis) is 1. The van der Waals surface area contributed by atoms with Crippen LogP contribution in [0.3, 0.4) is 0 Å². The summed E-state index contributed by atoms with van der Waals surface area (Å²) in [6.45, 7) is 2.00. The number of imidazole rings is 1. The number of hydrogen-bond acceptors (Lipinski definition) is 8. The van der Waals surface area contributed by atoms with E-state index in [2.05, 4.69) is 40.0 Å². The van der Waals surface area contributed by atoms with Crippen molar-refractivity contribution in [3.8, 4) is 22.6 Å². The molecule has 0 radical (unpaired) electrons. The third-order valence-corrected chi connectivity index (χ3v) is 8.34. The largest absolute Gasteiger partial charge is 0.453 e. The molecule has 1 atom stereocenters. The molecule has 0 unspecified atom stereocenters. The SMILES string of the molecule is COC(=O)N[C@@H](C)CNc1nccc(-c2[nH]c(C3CC3)nc2-c2cc(Cl)cc(NS(=O)(=O)c3ccc(C(F)(F)F)cc3)c2F)n1. The summed E-state index contributed by atoms with van der Waals surface area (Å²) in [5.41, 5.74) is -0.948. The van der Waals surface area contributed by atoms with Gasteiger partial charge in [-0.05, 0) is 62.2 Å². The van der Waals surface area contributed by atoms with Crippen LogP contribution in [0.25, 0.3) is 22.6 Å². The molecule has 1 aliphatic carbocycles. The summed E-state index contributed by atoms with van der Waals surface area (Å²) in [6, 6.07) is 6.35. The van der Waals surface area contributed by atoms with Crippen LogP contribution in [0.5, 0.6) is 0 Å². The van der Waals surface area contributed by atoms with E-state index in [1.807, 2.05) is 0 Å². The van der Waals surface area contributed by atoms with Crippen LogP contribution >= 0.6 is 11.6 Å². The van der Waals surface area contributed by atoms with E-state index in [0.717, 1.165) is 31.0 Å². The lowest BCUT2D eigenvalue weighted by Crippen LogP contribution is -2.37. The number of carbonyl (C=O) groups excluding carboxylic acids is 1. The highest BCUT2D eigenvalue weighted by atomic mass is 35.5. The number of benzene rings is 2. The zero-order valence-electron chi connectivity index (χ0n) is 23.7. The summed E-state index contributed by atoms with van der Waals surface area (Å²) in [5.74, 6) is -0.117. The van der Waals surface area contributed by atoms with Gasteiger partial charge in [0.2, 0.25) is 5.95 Å². The summed E-state index contributed by atoms with van der Waals surface area (Å²) in [4.78, 5) is 27.5. The number of amides is 1. The van der Waals surface area contributed by atoms with Crippen LogP contribution in [0.4, 0.5) is 34.0 Å². The van der Waals surface area contributed by atoms with Crippen molar-refractivity contribution in [1.82, 2.24) is 25.3 Å². The Morgan fingerprint density at radius 1 is 1.16 bits per heavy atom. The molecule has 1 amide bonds. The number of anilines is 2. The molecule has 11 nitrogen and oxygen atoms in total. The number of aromatic amines is 1. The monoisotopic (exact) mass is 667 g/mol. The Labute approximate surface area is 259 Å². The van der Waals surface area contributed by atoms with Gasteiger partial charge in [0.25, 0.3) is 10.0 Å². The molecule has 0 aliphatic heterocycles. The average molecular weight is 668 g/mol. The maximum absolute atomic E-state index is 16.1. The zero-order chi connectivity index (χ0) is 32.5. The number of hydrogen-bond donors (Lipinski definition) is 4.